The van der Waals surface area contributed by atoms with E-state index in [0.29, 0.717) is 5.56 Å². The highest BCUT2D eigenvalue weighted by molar-refractivity contribution is 5.69. The van der Waals surface area contributed by atoms with Crippen molar-refractivity contribution in [3.05, 3.63) is 53.3 Å². The lowest BCUT2D eigenvalue weighted by atomic mass is 9.98. The molecule has 1 fully saturated rings. The lowest BCUT2D eigenvalue weighted by Crippen LogP contribution is -2.59. The number of hydrogen-bond acceptors (Lipinski definition) is 10. The Morgan fingerprint density at radius 2 is 1.58 bits per heavy atom. The number of phenols is 3. The van der Waals surface area contributed by atoms with Crippen LogP contribution >= 0.6 is 0 Å². The minimum absolute atomic E-state index is 0.0237. The molecule has 2 aromatic rings. The van der Waals surface area contributed by atoms with Gasteiger partial charge in [-0.25, -0.2) is 0 Å². The van der Waals surface area contributed by atoms with Crippen molar-refractivity contribution in [2.75, 3.05) is 6.61 Å². The second-order valence-corrected chi connectivity index (χ2v) is 7.33. The summed E-state index contributed by atoms with van der Waals surface area (Å²) in [7, 11) is 0. The van der Waals surface area contributed by atoms with Gasteiger partial charge in [-0.2, -0.15) is 0 Å². The average Bonchev–Trinajstić information content (AvgIpc) is 2.74. The number of ether oxygens (including phenoxy) is 3. The van der Waals surface area contributed by atoms with Crippen molar-refractivity contribution >= 4 is 6.08 Å². The van der Waals surface area contributed by atoms with Gasteiger partial charge in [-0.3, -0.25) is 0 Å². The largest absolute Gasteiger partial charge is 0.508 e. The molecule has 166 valence electrons. The molecule has 0 spiro atoms. The highest BCUT2D eigenvalue weighted by Crippen LogP contribution is 2.44. The molecular weight excluding hydrogens is 412 g/mol. The second kappa shape index (κ2) is 8.25. The molecule has 7 N–H and O–H groups in total. The summed E-state index contributed by atoms with van der Waals surface area (Å²) in [4.78, 5) is 0. The number of benzene rings is 2. The Kier molecular flexibility index (Phi) is 5.65. The van der Waals surface area contributed by atoms with Crippen LogP contribution in [0.15, 0.2) is 42.2 Å². The Balaban J connectivity index is 1.72. The van der Waals surface area contributed by atoms with E-state index in [2.05, 4.69) is 0 Å². The molecule has 2 aliphatic heterocycles. The van der Waals surface area contributed by atoms with E-state index in [1.165, 1.54) is 24.3 Å². The second-order valence-electron chi connectivity index (χ2n) is 7.33. The van der Waals surface area contributed by atoms with Crippen molar-refractivity contribution in [3.8, 4) is 23.0 Å². The monoisotopic (exact) mass is 434 g/mol. The average molecular weight is 434 g/mol. The molecule has 0 aromatic heterocycles. The molecule has 10 heteroatoms. The summed E-state index contributed by atoms with van der Waals surface area (Å²) in [5.74, 6) is -0.239. The number of phenolic OH excluding ortho intramolecular Hbond substituents is 3. The van der Waals surface area contributed by atoms with Crippen molar-refractivity contribution in [1.29, 1.82) is 0 Å². The van der Waals surface area contributed by atoms with E-state index in [1.807, 2.05) is 0 Å². The van der Waals surface area contributed by atoms with E-state index in [0.717, 1.165) is 6.07 Å². The quantitative estimate of drug-likeness (QED) is 0.350. The number of aliphatic hydroxyl groups excluding tert-OH is 4. The fourth-order valence-corrected chi connectivity index (χ4v) is 3.52. The lowest BCUT2D eigenvalue weighted by molar-refractivity contribution is -0.293. The van der Waals surface area contributed by atoms with Gasteiger partial charge in [-0.05, 0) is 18.2 Å². The molecule has 6 atom stereocenters. The number of hydrogen-bond donors (Lipinski definition) is 7. The van der Waals surface area contributed by atoms with Crippen molar-refractivity contribution < 1.29 is 50.0 Å². The fraction of sp³-hybridized carbons (Fsp3) is 0.333. The minimum Gasteiger partial charge on any atom is -0.508 e. The maximum atomic E-state index is 10.3. The zero-order valence-corrected chi connectivity index (χ0v) is 16.1. The maximum Gasteiger partial charge on any atom is 0.228 e. The van der Waals surface area contributed by atoms with E-state index in [-0.39, 0.29) is 34.3 Å². The number of fused-ring (bicyclic) bond motifs is 1. The van der Waals surface area contributed by atoms with Crippen molar-refractivity contribution in [2.24, 2.45) is 0 Å². The van der Waals surface area contributed by atoms with Crippen molar-refractivity contribution in [1.82, 2.24) is 0 Å². The lowest BCUT2D eigenvalue weighted by Gasteiger charge is -2.41. The first kappa shape index (κ1) is 21.2. The van der Waals surface area contributed by atoms with E-state index in [4.69, 9.17) is 14.2 Å². The van der Waals surface area contributed by atoms with Crippen LogP contribution in [0.2, 0.25) is 0 Å². The van der Waals surface area contributed by atoms with Gasteiger partial charge < -0.3 is 50.0 Å². The normalized spacial score (nSPS) is 30.1. The van der Waals surface area contributed by atoms with Crippen LogP contribution in [0.3, 0.4) is 0 Å². The molecule has 4 rings (SSSR count). The molecule has 10 nitrogen and oxygen atoms in total. The first-order valence-electron chi connectivity index (χ1n) is 9.49. The summed E-state index contributed by atoms with van der Waals surface area (Å²) in [6, 6.07) is 8.42. The van der Waals surface area contributed by atoms with Crippen molar-refractivity contribution in [2.45, 2.75) is 36.8 Å². The Bertz CT molecular complexity index is 971. The standard InChI is InChI=1S/C21H22O10/c22-8-16-17(26)18(27)19(28)21(31-16)30-15-7-12-13(25)5-11(24)6-14(12)29-20(15)9-1-3-10(23)4-2-9/h1-7,16-28H,8H2/t16-,17-,18+,19-,20?,21-/m0/s1. The Hall–Kier alpha value is -3.02. The number of rotatable bonds is 4. The molecule has 0 aliphatic carbocycles. The molecule has 0 amide bonds. The minimum atomic E-state index is -1.64. The predicted molar refractivity (Wildman–Crippen MR) is 104 cm³/mol. The van der Waals surface area contributed by atoms with E-state index in [1.54, 1.807) is 12.1 Å². The van der Waals surface area contributed by atoms with Crippen LogP contribution in [-0.4, -0.2) is 73.1 Å². The third-order valence-corrected chi connectivity index (χ3v) is 5.19. The van der Waals surface area contributed by atoms with Gasteiger partial charge in [0.25, 0.3) is 0 Å². The van der Waals surface area contributed by atoms with Crippen LogP contribution in [0.4, 0.5) is 0 Å². The zero-order chi connectivity index (χ0) is 22.3. The maximum absolute atomic E-state index is 10.3. The molecule has 0 radical (unpaired) electrons. The molecule has 2 aliphatic rings. The molecule has 31 heavy (non-hydrogen) atoms. The van der Waals surface area contributed by atoms with Gasteiger partial charge in [0.05, 0.1) is 12.2 Å². The molecular formula is C21H22O10. The van der Waals surface area contributed by atoms with Gasteiger partial charge in [-0.1, -0.05) is 12.1 Å². The summed E-state index contributed by atoms with van der Waals surface area (Å²) in [6.45, 7) is -0.620. The van der Waals surface area contributed by atoms with Crippen LogP contribution in [0.1, 0.15) is 17.2 Å². The topological polar surface area (TPSA) is 169 Å². The highest BCUT2D eigenvalue weighted by atomic mass is 16.7. The third kappa shape index (κ3) is 3.99. The summed E-state index contributed by atoms with van der Waals surface area (Å²) in [5, 5.41) is 69.2. The van der Waals surface area contributed by atoms with Crippen LogP contribution in [0.5, 0.6) is 23.0 Å². The van der Waals surface area contributed by atoms with Gasteiger partial charge in [0, 0.05) is 17.7 Å². The van der Waals surface area contributed by atoms with E-state index < -0.39 is 43.4 Å². The van der Waals surface area contributed by atoms with E-state index in [9.17, 15) is 35.7 Å². The van der Waals surface area contributed by atoms with E-state index >= 15 is 0 Å². The van der Waals surface area contributed by atoms with Crippen LogP contribution in [0.25, 0.3) is 6.08 Å². The Morgan fingerprint density at radius 3 is 2.26 bits per heavy atom. The predicted octanol–water partition coefficient (Wildman–Crippen LogP) is 0.0945. The molecule has 2 aromatic carbocycles. The van der Waals surface area contributed by atoms with Crippen LogP contribution in [0, 0.1) is 0 Å². The molecule has 0 saturated carbocycles. The zero-order valence-electron chi connectivity index (χ0n) is 16.1. The summed E-state index contributed by atoms with van der Waals surface area (Å²) in [6.07, 6.45) is -6.96. The summed E-state index contributed by atoms with van der Waals surface area (Å²) in [5.41, 5.74) is 0.731. The molecule has 1 unspecified atom stereocenters. The fourth-order valence-electron chi connectivity index (χ4n) is 3.52. The first-order valence-corrected chi connectivity index (χ1v) is 9.49. The van der Waals surface area contributed by atoms with Gasteiger partial charge in [0.15, 0.2) is 6.10 Å². The third-order valence-electron chi connectivity index (χ3n) is 5.19. The first-order chi connectivity index (χ1) is 14.8. The number of aromatic hydroxyl groups is 3. The SMILES string of the molecule is OC[C@@H]1O[C@H](OC2=Cc3c(O)cc(O)cc3OC2c2ccc(O)cc2)[C@@H](O)[C@H](O)[C@H]1O. The highest BCUT2D eigenvalue weighted by Gasteiger charge is 2.45. The Labute approximate surface area is 176 Å². The summed E-state index contributed by atoms with van der Waals surface area (Å²) < 4.78 is 17.1. The van der Waals surface area contributed by atoms with Crippen molar-refractivity contribution in [3.63, 3.8) is 0 Å². The number of aliphatic hydroxyl groups is 4. The van der Waals surface area contributed by atoms with Crippen LogP contribution < -0.4 is 4.74 Å². The molecule has 2 heterocycles. The van der Waals surface area contributed by atoms with Gasteiger partial charge in [0.2, 0.25) is 6.29 Å². The smallest absolute Gasteiger partial charge is 0.228 e. The molecule has 1 saturated heterocycles. The van der Waals surface area contributed by atoms with Gasteiger partial charge in [-0.15, -0.1) is 0 Å². The van der Waals surface area contributed by atoms with Gasteiger partial charge in [0.1, 0.15) is 53.2 Å². The summed E-state index contributed by atoms with van der Waals surface area (Å²) >= 11 is 0. The Morgan fingerprint density at radius 1 is 0.871 bits per heavy atom. The molecule has 0 bridgehead atoms. The van der Waals surface area contributed by atoms with Crippen LogP contribution in [-0.2, 0) is 9.47 Å². The van der Waals surface area contributed by atoms with Gasteiger partial charge >= 0.3 is 0 Å².